The van der Waals surface area contributed by atoms with Crippen molar-refractivity contribution in [3.8, 4) is 0 Å². The quantitative estimate of drug-likeness (QED) is 0.758. The molecular formula is C14H12Br2ClFN2. The van der Waals surface area contributed by atoms with Crippen molar-refractivity contribution in [2.45, 2.75) is 12.5 Å². The molecule has 0 aliphatic carbocycles. The van der Waals surface area contributed by atoms with Gasteiger partial charge in [0.15, 0.2) is 0 Å². The van der Waals surface area contributed by atoms with Crippen molar-refractivity contribution in [3.05, 3.63) is 61.5 Å². The molecule has 1 aromatic carbocycles. The van der Waals surface area contributed by atoms with Crippen LogP contribution >= 0.6 is 43.5 Å². The fourth-order valence-electron chi connectivity index (χ4n) is 1.92. The second-order valence-corrected chi connectivity index (χ2v) is 6.51. The summed E-state index contributed by atoms with van der Waals surface area (Å²) in [4.78, 5) is 4.39. The Bertz CT molecular complexity index is 622. The lowest BCUT2D eigenvalue weighted by molar-refractivity contribution is 0.543. The normalized spacial score (nSPS) is 12.4. The van der Waals surface area contributed by atoms with E-state index in [-0.39, 0.29) is 11.9 Å². The number of nitrogens with one attached hydrogen (secondary N) is 1. The van der Waals surface area contributed by atoms with E-state index in [0.29, 0.717) is 17.0 Å². The van der Waals surface area contributed by atoms with Crippen molar-refractivity contribution < 1.29 is 4.39 Å². The Balaban J connectivity index is 2.28. The standard InChI is InChI=1S/C14H12Br2ClFN2/c1-19-13(14-11(16)5-9(15)7-20-14)4-8-2-3-10(17)6-12(8)18/h2-3,5-7,13,19H,4H2,1H3. The number of rotatable bonds is 4. The predicted octanol–water partition coefficient (Wildman–Crippen LogP) is 4.90. The molecule has 0 aliphatic rings. The average Bonchev–Trinajstić information content (AvgIpc) is 2.39. The molecule has 2 rings (SSSR count). The third kappa shape index (κ3) is 3.79. The van der Waals surface area contributed by atoms with Gasteiger partial charge in [-0.2, -0.15) is 0 Å². The molecule has 0 aliphatic heterocycles. The highest BCUT2D eigenvalue weighted by atomic mass is 79.9. The fraction of sp³-hybridized carbons (Fsp3) is 0.214. The zero-order valence-corrected chi connectivity index (χ0v) is 14.6. The van der Waals surface area contributed by atoms with Gasteiger partial charge >= 0.3 is 0 Å². The van der Waals surface area contributed by atoms with Gasteiger partial charge in [0.1, 0.15) is 5.82 Å². The molecule has 20 heavy (non-hydrogen) atoms. The SMILES string of the molecule is CNC(Cc1ccc(Cl)cc1F)c1ncc(Br)cc1Br. The minimum atomic E-state index is -0.300. The van der Waals surface area contributed by atoms with Crippen LogP contribution in [0.5, 0.6) is 0 Å². The molecule has 0 fully saturated rings. The largest absolute Gasteiger partial charge is 0.311 e. The van der Waals surface area contributed by atoms with Gasteiger partial charge in [0.2, 0.25) is 0 Å². The number of nitrogens with zero attached hydrogens (tertiary/aromatic N) is 1. The van der Waals surface area contributed by atoms with Crippen molar-refractivity contribution in [3.63, 3.8) is 0 Å². The van der Waals surface area contributed by atoms with E-state index in [2.05, 4.69) is 42.2 Å². The highest BCUT2D eigenvalue weighted by molar-refractivity contribution is 9.11. The van der Waals surface area contributed by atoms with Crippen molar-refractivity contribution in [2.24, 2.45) is 0 Å². The van der Waals surface area contributed by atoms with Crippen LogP contribution in [-0.2, 0) is 6.42 Å². The molecule has 1 aromatic heterocycles. The number of aromatic nitrogens is 1. The molecule has 1 atom stereocenters. The van der Waals surface area contributed by atoms with Gasteiger partial charge in [0.05, 0.1) is 11.7 Å². The van der Waals surface area contributed by atoms with Gasteiger partial charge in [-0.25, -0.2) is 4.39 Å². The minimum absolute atomic E-state index is 0.0897. The van der Waals surface area contributed by atoms with E-state index < -0.39 is 0 Å². The zero-order valence-electron chi connectivity index (χ0n) is 10.6. The van der Waals surface area contributed by atoms with Crippen LogP contribution < -0.4 is 5.32 Å². The molecular weight excluding hydrogens is 410 g/mol. The second-order valence-electron chi connectivity index (χ2n) is 4.30. The molecule has 106 valence electrons. The summed E-state index contributed by atoms with van der Waals surface area (Å²) >= 11 is 12.6. The summed E-state index contributed by atoms with van der Waals surface area (Å²) in [6.45, 7) is 0. The summed E-state index contributed by atoms with van der Waals surface area (Å²) in [5, 5.41) is 3.56. The Morgan fingerprint density at radius 2 is 2.10 bits per heavy atom. The Morgan fingerprint density at radius 3 is 2.70 bits per heavy atom. The van der Waals surface area contributed by atoms with Crippen LogP contribution in [0.2, 0.25) is 5.02 Å². The first-order valence-electron chi connectivity index (χ1n) is 5.93. The van der Waals surface area contributed by atoms with Gasteiger partial charge in [0, 0.05) is 20.2 Å². The number of hydrogen-bond acceptors (Lipinski definition) is 2. The van der Waals surface area contributed by atoms with Gasteiger partial charge in [-0.3, -0.25) is 4.98 Å². The summed E-state index contributed by atoms with van der Waals surface area (Å²) < 4.78 is 15.6. The maximum atomic E-state index is 13.9. The topological polar surface area (TPSA) is 24.9 Å². The van der Waals surface area contributed by atoms with Gasteiger partial charge in [-0.1, -0.05) is 17.7 Å². The Labute approximate surface area is 139 Å². The first-order chi connectivity index (χ1) is 9.51. The molecule has 2 nitrogen and oxygen atoms in total. The summed E-state index contributed by atoms with van der Waals surface area (Å²) in [6.07, 6.45) is 2.22. The van der Waals surface area contributed by atoms with Crippen molar-refractivity contribution in [2.75, 3.05) is 7.05 Å². The summed E-state index contributed by atoms with van der Waals surface area (Å²) in [7, 11) is 1.83. The minimum Gasteiger partial charge on any atom is -0.311 e. The van der Waals surface area contributed by atoms with Crippen LogP contribution in [0.15, 0.2) is 39.4 Å². The van der Waals surface area contributed by atoms with Gasteiger partial charge in [-0.15, -0.1) is 0 Å². The lowest BCUT2D eigenvalue weighted by Gasteiger charge is -2.17. The van der Waals surface area contributed by atoms with E-state index in [4.69, 9.17) is 11.6 Å². The van der Waals surface area contributed by atoms with E-state index >= 15 is 0 Å². The molecule has 0 saturated heterocycles. The Kier molecular flexibility index (Phi) is 5.55. The summed E-state index contributed by atoms with van der Waals surface area (Å²) in [5.41, 5.74) is 1.44. The van der Waals surface area contributed by atoms with E-state index in [1.807, 2.05) is 13.1 Å². The van der Waals surface area contributed by atoms with Crippen LogP contribution in [0.1, 0.15) is 17.3 Å². The molecule has 2 aromatic rings. The van der Waals surface area contributed by atoms with E-state index in [9.17, 15) is 4.39 Å². The number of pyridine rings is 1. The molecule has 0 radical (unpaired) electrons. The Hall–Kier alpha value is -0.490. The Morgan fingerprint density at radius 1 is 1.35 bits per heavy atom. The number of likely N-dealkylation sites (N-methyl/N-ethyl adjacent to an activating group) is 1. The lowest BCUT2D eigenvalue weighted by Crippen LogP contribution is -2.21. The lowest BCUT2D eigenvalue weighted by atomic mass is 10.0. The highest BCUT2D eigenvalue weighted by Gasteiger charge is 2.17. The van der Waals surface area contributed by atoms with Gasteiger partial charge < -0.3 is 5.32 Å². The predicted molar refractivity (Wildman–Crippen MR) is 86.6 cm³/mol. The van der Waals surface area contributed by atoms with Crippen molar-refractivity contribution in [1.82, 2.24) is 10.3 Å². The van der Waals surface area contributed by atoms with Crippen LogP contribution in [0.3, 0.4) is 0 Å². The van der Waals surface area contributed by atoms with Crippen LogP contribution in [0.25, 0.3) is 0 Å². The molecule has 1 unspecified atom stereocenters. The molecule has 0 bridgehead atoms. The van der Waals surface area contributed by atoms with Crippen molar-refractivity contribution >= 4 is 43.5 Å². The van der Waals surface area contributed by atoms with E-state index in [0.717, 1.165) is 14.6 Å². The van der Waals surface area contributed by atoms with Gasteiger partial charge in [-0.05, 0) is 69.1 Å². The van der Waals surface area contributed by atoms with Crippen LogP contribution in [0, 0.1) is 5.82 Å². The van der Waals surface area contributed by atoms with Crippen LogP contribution in [-0.4, -0.2) is 12.0 Å². The zero-order chi connectivity index (χ0) is 14.7. The maximum absolute atomic E-state index is 13.9. The number of hydrogen-bond donors (Lipinski definition) is 1. The van der Waals surface area contributed by atoms with E-state index in [1.165, 1.54) is 6.07 Å². The molecule has 1 N–H and O–H groups in total. The van der Waals surface area contributed by atoms with E-state index in [1.54, 1.807) is 18.3 Å². The summed E-state index contributed by atoms with van der Waals surface area (Å²) in [6, 6.07) is 6.55. The van der Waals surface area contributed by atoms with Crippen molar-refractivity contribution in [1.29, 1.82) is 0 Å². The first-order valence-corrected chi connectivity index (χ1v) is 7.89. The maximum Gasteiger partial charge on any atom is 0.127 e. The summed E-state index contributed by atoms with van der Waals surface area (Å²) in [5.74, 6) is -0.300. The molecule has 6 heteroatoms. The first kappa shape index (κ1) is 15.9. The number of halogens is 4. The fourth-order valence-corrected chi connectivity index (χ4v) is 3.35. The molecule has 1 heterocycles. The van der Waals surface area contributed by atoms with Gasteiger partial charge in [0.25, 0.3) is 0 Å². The molecule has 0 saturated carbocycles. The monoisotopic (exact) mass is 420 g/mol. The highest BCUT2D eigenvalue weighted by Crippen LogP contribution is 2.27. The average molecular weight is 423 g/mol. The molecule has 0 spiro atoms. The third-order valence-corrected chi connectivity index (χ3v) is 4.26. The third-order valence-electron chi connectivity index (χ3n) is 2.95. The second kappa shape index (κ2) is 6.98. The molecule has 0 amide bonds. The van der Waals surface area contributed by atoms with Crippen LogP contribution in [0.4, 0.5) is 4.39 Å². The number of benzene rings is 1. The smallest absolute Gasteiger partial charge is 0.127 e.